The summed E-state index contributed by atoms with van der Waals surface area (Å²) in [6, 6.07) is 8.27. The van der Waals surface area contributed by atoms with Crippen molar-refractivity contribution in [2.24, 2.45) is 11.3 Å². The van der Waals surface area contributed by atoms with Gasteiger partial charge in [0.15, 0.2) is 5.67 Å². The van der Waals surface area contributed by atoms with E-state index in [4.69, 9.17) is 19.2 Å². The number of hydrogen-bond donors (Lipinski definition) is 3. The number of halogens is 1. The highest BCUT2D eigenvalue weighted by atomic mass is 19.1. The van der Waals surface area contributed by atoms with Crippen molar-refractivity contribution in [2.75, 3.05) is 79.1 Å². The van der Waals surface area contributed by atoms with Crippen LogP contribution in [0.5, 0.6) is 0 Å². The Labute approximate surface area is 449 Å². The molecule has 0 radical (unpaired) electrons. The van der Waals surface area contributed by atoms with Crippen LogP contribution in [0.1, 0.15) is 119 Å². The minimum atomic E-state index is -2.33. The second kappa shape index (κ2) is 24.3. The number of rotatable bonds is 18. The average molecular weight is 1060 g/mol. The zero-order valence-corrected chi connectivity index (χ0v) is 47.5. The van der Waals surface area contributed by atoms with E-state index in [1.54, 1.807) is 34.1 Å². The lowest BCUT2D eigenvalue weighted by Gasteiger charge is -2.41. The Kier molecular flexibility index (Phi) is 19.1. The van der Waals surface area contributed by atoms with Crippen LogP contribution in [0.25, 0.3) is 22.2 Å². The minimum Gasteiger partial charge on any atom is -0.462 e. The Morgan fingerprint density at radius 3 is 2.34 bits per heavy atom. The molecule has 18 nitrogen and oxygen atoms in total. The molecule has 418 valence electrons. The molecule has 2 aromatic heterocycles. The number of likely N-dealkylation sites (N-methyl/N-ethyl adjacent to an activating group) is 1. The Balaban J connectivity index is 1.14. The Morgan fingerprint density at radius 1 is 1.03 bits per heavy atom. The van der Waals surface area contributed by atoms with Crippen molar-refractivity contribution in [2.45, 2.75) is 156 Å². The number of carbonyl (C=O) groups is 5. The summed E-state index contributed by atoms with van der Waals surface area (Å²) in [7, 11) is 6.75. The van der Waals surface area contributed by atoms with E-state index in [0.717, 1.165) is 62.1 Å². The fourth-order valence-electron chi connectivity index (χ4n) is 10.4. The molecule has 5 atom stereocenters. The maximum Gasteiger partial charge on any atom is 0.355 e. The van der Waals surface area contributed by atoms with Gasteiger partial charge in [0.25, 0.3) is 17.7 Å². The molecule has 6 rings (SSSR count). The van der Waals surface area contributed by atoms with Gasteiger partial charge in [0.05, 0.1) is 42.3 Å². The smallest absolute Gasteiger partial charge is 0.355 e. The van der Waals surface area contributed by atoms with E-state index in [1.165, 1.54) is 11.9 Å². The molecule has 0 saturated carbocycles. The van der Waals surface area contributed by atoms with E-state index in [9.17, 15) is 29.1 Å². The number of methoxy groups -OCH3 is 1. The number of nitrogens with zero attached hydrogens (tertiary/aromatic N) is 7. The molecule has 76 heavy (non-hydrogen) atoms. The molecule has 3 aliphatic rings. The van der Waals surface area contributed by atoms with Crippen molar-refractivity contribution in [3.63, 3.8) is 0 Å². The van der Waals surface area contributed by atoms with Crippen LogP contribution in [-0.4, -0.2) is 173 Å². The summed E-state index contributed by atoms with van der Waals surface area (Å²) in [4.78, 5) is 80.7. The van der Waals surface area contributed by atoms with Crippen molar-refractivity contribution in [1.82, 2.24) is 40.0 Å². The Bertz CT molecular complexity index is 2650. The van der Waals surface area contributed by atoms with Crippen molar-refractivity contribution >= 4 is 46.2 Å². The molecule has 0 spiro atoms. The van der Waals surface area contributed by atoms with Crippen LogP contribution >= 0.6 is 0 Å². The number of ether oxygens (including phenoxy) is 3. The van der Waals surface area contributed by atoms with E-state index < -0.39 is 69.9 Å². The van der Waals surface area contributed by atoms with Crippen LogP contribution in [0.2, 0.25) is 0 Å². The highest BCUT2D eigenvalue weighted by Gasteiger charge is 2.48. The second-order valence-electron chi connectivity index (χ2n) is 22.7. The summed E-state index contributed by atoms with van der Waals surface area (Å²) in [5.41, 5.74) is 2.83. The van der Waals surface area contributed by atoms with Gasteiger partial charge in [-0.1, -0.05) is 40.5 Å². The third-order valence-electron chi connectivity index (χ3n) is 15.5. The third kappa shape index (κ3) is 13.2. The summed E-state index contributed by atoms with van der Waals surface area (Å²) < 4.78 is 36.5. The summed E-state index contributed by atoms with van der Waals surface area (Å²) in [5.74, 6) is 1.56. The zero-order chi connectivity index (χ0) is 56.1. The molecule has 3 aliphatic heterocycles. The summed E-state index contributed by atoms with van der Waals surface area (Å²) in [6.07, 6.45) is 1.82. The largest absolute Gasteiger partial charge is 0.462 e. The number of esters is 1. The molecule has 19 heteroatoms. The van der Waals surface area contributed by atoms with E-state index in [2.05, 4.69) is 70.2 Å². The molecule has 3 saturated heterocycles. The number of pyridine rings is 1. The quantitative estimate of drug-likeness (QED) is 0.105. The van der Waals surface area contributed by atoms with Crippen molar-refractivity contribution in [1.29, 1.82) is 0 Å². The van der Waals surface area contributed by atoms with Crippen LogP contribution in [0.15, 0.2) is 36.5 Å². The normalized spacial score (nSPS) is 20.4. The number of amides is 4. The maximum absolute atomic E-state index is 16.5. The Hall–Kier alpha value is -5.65. The molecular formula is C57H84FN9O9. The van der Waals surface area contributed by atoms with Crippen LogP contribution in [0, 0.1) is 23.2 Å². The van der Waals surface area contributed by atoms with Gasteiger partial charge < -0.3 is 43.9 Å². The number of alkyl halides is 1. The molecule has 1 aromatic carbocycles. The topological polar surface area (TPSA) is 191 Å². The highest BCUT2D eigenvalue weighted by Crippen LogP contribution is 2.42. The van der Waals surface area contributed by atoms with Crippen molar-refractivity contribution in [3.05, 3.63) is 47.8 Å². The number of carbonyl (C=O) groups excluding carboxylic acids is 5. The molecule has 2 unspecified atom stereocenters. The average Bonchev–Trinajstić information content (AvgIpc) is 3.69. The minimum absolute atomic E-state index is 0.0254. The number of aryl methyl sites for hydroxylation is 1. The molecular weight excluding hydrogens is 974 g/mol. The number of hydrazine groups is 1. The predicted molar refractivity (Wildman–Crippen MR) is 290 cm³/mol. The number of aromatic nitrogens is 2. The van der Waals surface area contributed by atoms with Gasteiger partial charge >= 0.3 is 5.97 Å². The lowest BCUT2D eigenvalue weighted by atomic mass is 9.84. The summed E-state index contributed by atoms with van der Waals surface area (Å²) in [6.45, 7) is 21.9. The van der Waals surface area contributed by atoms with Gasteiger partial charge in [0.1, 0.15) is 12.1 Å². The lowest BCUT2D eigenvalue weighted by Crippen LogP contribution is -2.67. The molecule has 3 aromatic rings. The predicted octanol–water partition coefficient (Wildman–Crippen LogP) is 5.64. The molecule has 0 bridgehead atoms. The van der Waals surface area contributed by atoms with Crippen LogP contribution in [-0.2, 0) is 51.1 Å². The fraction of sp³-hybridized carbons (Fsp3) is 0.649. The third-order valence-corrected chi connectivity index (χ3v) is 15.5. The monoisotopic (exact) mass is 1060 g/mol. The van der Waals surface area contributed by atoms with Gasteiger partial charge in [-0.05, 0) is 116 Å². The van der Waals surface area contributed by atoms with E-state index >= 15 is 4.39 Å². The molecule has 3 fully saturated rings. The first-order valence-corrected chi connectivity index (χ1v) is 27.0. The van der Waals surface area contributed by atoms with E-state index in [0.29, 0.717) is 19.6 Å². The number of fused-ring (bicyclic) bond motifs is 1. The number of morpholine rings is 1. The first kappa shape index (κ1) is 59.6. The zero-order valence-electron chi connectivity index (χ0n) is 47.5. The number of nitrogens with one attached hydrogen (secondary N) is 2. The summed E-state index contributed by atoms with van der Waals surface area (Å²) >= 11 is 0. The molecule has 5 heterocycles. The number of benzene rings is 1. The van der Waals surface area contributed by atoms with Gasteiger partial charge in [0.2, 0.25) is 11.6 Å². The van der Waals surface area contributed by atoms with E-state index in [-0.39, 0.29) is 70.6 Å². The lowest BCUT2D eigenvalue weighted by molar-refractivity contribution is -0.189. The molecule has 4 amide bonds. The highest BCUT2D eigenvalue weighted by molar-refractivity contribution is 5.97. The first-order valence-electron chi connectivity index (χ1n) is 27.0. The number of aliphatic hydroxyl groups is 1. The van der Waals surface area contributed by atoms with Crippen LogP contribution < -0.4 is 15.6 Å². The van der Waals surface area contributed by atoms with E-state index in [1.807, 2.05) is 59.7 Å². The number of piperidine rings is 1. The first-order chi connectivity index (χ1) is 35.7. The van der Waals surface area contributed by atoms with Gasteiger partial charge in [-0.25, -0.2) is 9.18 Å². The standard InChI is InChI=1S/C57H84FN9O9/c1-15-44(60-50(69)48(37(3)4)63(13)52(71)56(58)25-29-64(30-26-56)46(68)22-24-55(9,10)62(11)12)51(70)67-28-18-23-57(73,61-67)53(72)76-36-54(7,8)34-43-42-33-40(65-31-32-75-38(5)35-65)20-21-45(42)66(16-2)49(43)41-19-17-27-59-47(41)39(6)74-14/h17,19-21,27,33,37-39,44,48,61,73H,15-16,18,23,25-26,28-32,34-36H2,1-14H3,(H,60,69)/t38-,39+,44?,48+,57?/m1/s1. The van der Waals surface area contributed by atoms with Crippen molar-refractivity contribution in [3.8, 4) is 23.1 Å². The number of anilines is 1. The second-order valence-corrected chi connectivity index (χ2v) is 22.7. The van der Waals surface area contributed by atoms with Gasteiger partial charge in [-0.15, -0.1) is 0 Å². The number of likely N-dealkylation sites (tertiary alicyclic amines) is 1. The maximum atomic E-state index is 16.5. The Morgan fingerprint density at radius 2 is 1.72 bits per heavy atom. The van der Waals surface area contributed by atoms with Crippen molar-refractivity contribution < 1.29 is 47.7 Å². The van der Waals surface area contributed by atoms with Crippen LogP contribution in [0.4, 0.5) is 10.1 Å². The molecule has 0 aliphatic carbocycles. The number of hydrogen-bond acceptors (Lipinski definition) is 13. The fourth-order valence-corrected chi connectivity index (χ4v) is 10.4. The van der Waals surface area contributed by atoms with Crippen LogP contribution in [0.3, 0.4) is 0 Å². The summed E-state index contributed by atoms with van der Waals surface area (Å²) in [5, 5.41) is 16.9. The van der Waals surface area contributed by atoms with Gasteiger partial charge in [-0.3, -0.25) is 34.1 Å². The van der Waals surface area contributed by atoms with Gasteiger partial charge in [-0.2, -0.15) is 5.43 Å². The molecule has 3 N–H and O–H groups in total. The van der Waals surface area contributed by atoms with Gasteiger partial charge in [0, 0.05) is 106 Å². The SMILES string of the molecule is CCC(NC(=O)[C@H](C(C)C)N(C)C(=O)C1(F)CCN(C(=O)C#CC(C)(C)N(C)C)CC1)C(=O)N1CCCC(O)(C(=O)OCC(C)(C)Cc2c(-c3cccnc3[C@H](C)OC)n(CC)c3ccc(N4CCO[C@H](C)C4)cc23)N1.